The summed E-state index contributed by atoms with van der Waals surface area (Å²) < 4.78 is 5.04. The first kappa shape index (κ1) is 27.8. The fourth-order valence-electron chi connectivity index (χ4n) is 2.85. The van der Waals surface area contributed by atoms with E-state index in [2.05, 4.69) is 41.5 Å². The zero-order valence-corrected chi connectivity index (χ0v) is 22.8. The van der Waals surface area contributed by atoms with E-state index >= 15 is 0 Å². The molecule has 0 saturated carbocycles. The molecule has 0 radical (unpaired) electrons. The van der Waals surface area contributed by atoms with Crippen molar-refractivity contribution in [3.63, 3.8) is 0 Å². The van der Waals surface area contributed by atoms with Gasteiger partial charge in [-0.3, -0.25) is 0 Å². The third-order valence-electron chi connectivity index (χ3n) is 4.73. The monoisotopic (exact) mass is 514 g/mol. The van der Waals surface area contributed by atoms with Crippen molar-refractivity contribution < 1.29 is 9.90 Å². The van der Waals surface area contributed by atoms with Gasteiger partial charge >= 0.3 is 92.4 Å². The summed E-state index contributed by atoms with van der Waals surface area (Å²) in [6, 6.07) is 7.98. The quantitative estimate of drug-likeness (QED) is 0.231. The summed E-state index contributed by atoms with van der Waals surface area (Å²) in [4.78, 5) is 11.2. The van der Waals surface area contributed by atoms with E-state index in [0.717, 1.165) is 4.90 Å². The van der Waals surface area contributed by atoms with Crippen LogP contribution in [0.1, 0.15) is 85.6 Å². The number of rotatable bonds is 12. The number of carboxylic acids is 1. The van der Waals surface area contributed by atoms with Crippen molar-refractivity contribution in [2.75, 3.05) is 5.75 Å². The van der Waals surface area contributed by atoms with Gasteiger partial charge in [-0.2, -0.15) is 0 Å². The van der Waals surface area contributed by atoms with Crippen molar-refractivity contribution in [1.29, 1.82) is 0 Å². The third kappa shape index (κ3) is 14.8. The maximum absolute atomic E-state index is 10.3. The normalized spacial score (nSPS) is 10.9. The zero-order chi connectivity index (χ0) is 21.4. The van der Waals surface area contributed by atoms with Crippen LogP contribution in [0, 0.1) is 0 Å². The Balaban J connectivity index is 0.000000528. The van der Waals surface area contributed by atoms with Gasteiger partial charge in [-0.25, -0.2) is 0 Å². The first-order chi connectivity index (χ1) is 13.2. The second-order valence-electron chi connectivity index (χ2n) is 8.50. The van der Waals surface area contributed by atoms with Crippen molar-refractivity contribution in [2.24, 2.45) is 0 Å². The SMILES string of the molecule is CC(C)(C)c1ccc(SCC(=O)[O-])cc1.CCC[CH2][Sn+]([CH2]CCC)[CH2]CCC. The maximum atomic E-state index is 10.3. The van der Waals surface area contributed by atoms with Crippen molar-refractivity contribution in [3.8, 4) is 0 Å². The average Bonchev–Trinajstić information content (AvgIpc) is 2.66. The molecule has 0 aliphatic rings. The molecule has 0 N–H and O–H groups in total. The van der Waals surface area contributed by atoms with Crippen LogP contribution >= 0.6 is 11.8 Å². The Hall–Kier alpha value is -0.161. The minimum absolute atomic E-state index is 0.00879. The van der Waals surface area contributed by atoms with E-state index in [1.807, 2.05) is 24.3 Å². The van der Waals surface area contributed by atoms with Gasteiger partial charge in [0.1, 0.15) is 0 Å². The van der Waals surface area contributed by atoms with E-state index in [1.165, 1.54) is 55.9 Å². The van der Waals surface area contributed by atoms with E-state index in [9.17, 15) is 9.90 Å². The number of hydrogen-bond acceptors (Lipinski definition) is 3. The average molecular weight is 513 g/mol. The number of hydrogen-bond donors (Lipinski definition) is 0. The zero-order valence-electron chi connectivity index (χ0n) is 19.1. The van der Waals surface area contributed by atoms with Crippen LogP contribution in [0.3, 0.4) is 0 Å². The van der Waals surface area contributed by atoms with Crippen molar-refractivity contribution in [3.05, 3.63) is 29.8 Å². The molecule has 0 bridgehead atoms. The van der Waals surface area contributed by atoms with E-state index in [-0.39, 0.29) is 11.2 Å². The molecule has 28 heavy (non-hydrogen) atoms. The topological polar surface area (TPSA) is 40.1 Å². The molecule has 4 heteroatoms. The summed E-state index contributed by atoms with van der Waals surface area (Å²) in [7, 11) is 0. The van der Waals surface area contributed by atoms with Crippen LogP contribution in [0.2, 0.25) is 13.3 Å². The molecular weight excluding hydrogens is 471 g/mol. The van der Waals surface area contributed by atoms with Crippen LogP contribution in [-0.2, 0) is 10.2 Å². The molecule has 160 valence electrons. The van der Waals surface area contributed by atoms with Gasteiger partial charge in [0.2, 0.25) is 0 Å². The fourth-order valence-corrected chi connectivity index (χ4v) is 12.9. The summed E-state index contributed by atoms with van der Waals surface area (Å²) in [6.45, 7) is 13.4. The fraction of sp³-hybridized carbons (Fsp3) is 0.708. The van der Waals surface area contributed by atoms with Gasteiger partial charge in [-0.1, -0.05) is 32.9 Å². The van der Waals surface area contributed by atoms with Crippen molar-refractivity contribution in [1.82, 2.24) is 0 Å². The molecule has 0 atom stereocenters. The van der Waals surface area contributed by atoms with E-state index in [4.69, 9.17) is 0 Å². The Morgan fingerprint density at radius 2 is 1.32 bits per heavy atom. The number of carbonyl (C=O) groups excluding carboxylic acids is 1. The first-order valence-electron chi connectivity index (χ1n) is 11.0. The molecule has 0 fully saturated rings. The molecule has 0 heterocycles. The molecule has 1 rings (SSSR count). The predicted molar refractivity (Wildman–Crippen MR) is 126 cm³/mol. The Labute approximate surface area is 186 Å². The molecular formula is C24H42O2SSn. The second-order valence-corrected chi connectivity index (χ2v) is 18.1. The molecule has 1 aromatic carbocycles. The van der Waals surface area contributed by atoms with Crippen LogP contribution in [-0.4, -0.2) is 31.5 Å². The van der Waals surface area contributed by atoms with Crippen LogP contribution < -0.4 is 5.11 Å². The Bertz CT molecular complexity index is 489. The van der Waals surface area contributed by atoms with Gasteiger partial charge in [0.05, 0.1) is 5.97 Å². The third-order valence-corrected chi connectivity index (χ3v) is 14.8. The van der Waals surface area contributed by atoms with Crippen LogP contribution in [0.4, 0.5) is 0 Å². The van der Waals surface area contributed by atoms with E-state index in [1.54, 1.807) is 13.3 Å². The van der Waals surface area contributed by atoms with E-state index in [0.29, 0.717) is 0 Å². The number of thioether (sulfide) groups is 1. The molecule has 0 aliphatic carbocycles. The first-order valence-corrected chi connectivity index (χ1v) is 18.0. The number of aliphatic carboxylic acids is 1. The van der Waals surface area contributed by atoms with Crippen molar-refractivity contribution in [2.45, 2.75) is 104 Å². The van der Waals surface area contributed by atoms with Gasteiger partial charge in [-0.05, 0) is 23.1 Å². The van der Waals surface area contributed by atoms with Crippen LogP contribution in [0.25, 0.3) is 0 Å². The summed E-state index contributed by atoms with van der Waals surface area (Å²) in [5.74, 6) is -1.02. The van der Waals surface area contributed by atoms with Gasteiger partial charge in [0, 0.05) is 10.6 Å². The van der Waals surface area contributed by atoms with Gasteiger partial charge in [-0.15, -0.1) is 11.8 Å². The summed E-state index contributed by atoms with van der Waals surface area (Å²) in [5.41, 5.74) is 1.39. The molecule has 0 amide bonds. The molecule has 0 unspecified atom stereocenters. The Kier molecular flexibility index (Phi) is 16.5. The molecule has 2 nitrogen and oxygen atoms in total. The molecule has 0 saturated heterocycles. The Morgan fingerprint density at radius 1 is 0.893 bits per heavy atom. The number of unbranched alkanes of at least 4 members (excludes halogenated alkanes) is 3. The number of carbonyl (C=O) groups is 1. The standard InChI is InChI=1S/C12H16O2S.3C4H9.Sn/c1-12(2,3)9-4-6-10(7-5-9)15-8-11(13)14;3*1-3-4-2;/h4-7H,8H2,1-3H3,(H,13,14);3*1,3-4H2,2H3;/q;;;;+1/p-1. The van der Waals surface area contributed by atoms with Gasteiger partial charge in [0.25, 0.3) is 0 Å². The summed E-state index contributed by atoms with van der Waals surface area (Å²) >= 11 is 0.447. The molecule has 0 aliphatic heterocycles. The van der Waals surface area contributed by atoms with Gasteiger partial charge < -0.3 is 9.90 Å². The number of carboxylic acid groups (broad SMARTS) is 1. The van der Waals surface area contributed by atoms with Crippen molar-refractivity contribution >= 4 is 37.5 Å². The van der Waals surface area contributed by atoms with Crippen LogP contribution in [0.15, 0.2) is 29.2 Å². The number of benzene rings is 1. The predicted octanol–water partition coefficient (Wildman–Crippen LogP) is 6.71. The summed E-state index contributed by atoms with van der Waals surface area (Å²) in [5, 5.41) is 10.3. The second kappa shape index (κ2) is 16.6. The van der Waals surface area contributed by atoms with Gasteiger partial charge in [0.15, 0.2) is 0 Å². The molecule has 0 spiro atoms. The minimum atomic E-state index is -1.03. The van der Waals surface area contributed by atoms with E-state index < -0.39 is 25.7 Å². The molecule has 0 aromatic heterocycles. The molecule has 1 aromatic rings. The Morgan fingerprint density at radius 3 is 1.64 bits per heavy atom. The summed E-state index contributed by atoms with van der Waals surface area (Å²) in [6.07, 6.45) is 8.85. The van der Waals surface area contributed by atoms with Crippen LogP contribution in [0.5, 0.6) is 0 Å².